The zero-order chi connectivity index (χ0) is 17.4. The van der Waals surface area contributed by atoms with E-state index in [1.165, 1.54) is 6.07 Å². The normalized spacial score (nSPS) is 11.1. The van der Waals surface area contributed by atoms with Gasteiger partial charge in [-0.2, -0.15) is 0 Å². The molecule has 0 aliphatic rings. The average molecular weight is 332 g/mol. The quantitative estimate of drug-likeness (QED) is 0.564. The van der Waals surface area contributed by atoms with Crippen molar-refractivity contribution in [3.8, 4) is 0 Å². The van der Waals surface area contributed by atoms with Crippen LogP contribution in [-0.4, -0.2) is 10.9 Å². The summed E-state index contributed by atoms with van der Waals surface area (Å²) in [6.45, 7) is 2.27. The number of amides is 1. The smallest absolute Gasteiger partial charge is 0.336 e. The molecule has 2 heterocycles. The summed E-state index contributed by atoms with van der Waals surface area (Å²) < 4.78 is 5.20. The van der Waals surface area contributed by atoms with Gasteiger partial charge in [0.25, 0.3) is 5.91 Å². The third kappa shape index (κ3) is 2.92. The number of rotatable bonds is 3. The molecule has 0 aliphatic heterocycles. The molecule has 0 spiro atoms. The molecule has 0 atom stereocenters. The van der Waals surface area contributed by atoms with Crippen LogP contribution in [0.25, 0.3) is 21.9 Å². The van der Waals surface area contributed by atoms with Crippen LogP contribution in [0.2, 0.25) is 0 Å². The number of benzene rings is 2. The molecule has 0 unspecified atom stereocenters. The highest BCUT2D eigenvalue weighted by atomic mass is 16.4. The molecule has 1 amide bonds. The number of fused-ring (bicyclic) bond motifs is 2. The van der Waals surface area contributed by atoms with Gasteiger partial charge in [-0.25, -0.2) is 4.79 Å². The lowest BCUT2D eigenvalue weighted by Crippen LogP contribution is -2.22. The minimum Gasteiger partial charge on any atom is -0.423 e. The number of aryl methyl sites for hydroxylation is 1. The van der Waals surface area contributed by atoms with Crippen molar-refractivity contribution in [2.45, 2.75) is 13.5 Å². The average Bonchev–Trinajstić information content (AvgIpc) is 3.06. The van der Waals surface area contributed by atoms with Crippen molar-refractivity contribution in [3.63, 3.8) is 0 Å². The Bertz CT molecular complexity index is 1150. The minimum atomic E-state index is -0.414. The monoisotopic (exact) mass is 332 g/mol. The Kier molecular flexibility index (Phi) is 3.61. The van der Waals surface area contributed by atoms with E-state index in [1.807, 2.05) is 37.4 Å². The van der Waals surface area contributed by atoms with Crippen LogP contribution in [0.3, 0.4) is 0 Å². The van der Waals surface area contributed by atoms with E-state index >= 15 is 0 Å². The topological polar surface area (TPSA) is 75.1 Å². The molecule has 2 N–H and O–H groups in total. The Balaban J connectivity index is 1.56. The summed E-state index contributed by atoms with van der Waals surface area (Å²) in [6.07, 6.45) is 1.89. The van der Waals surface area contributed by atoms with Gasteiger partial charge in [-0.1, -0.05) is 12.1 Å². The van der Waals surface area contributed by atoms with Crippen LogP contribution < -0.4 is 10.9 Å². The predicted molar refractivity (Wildman–Crippen MR) is 96.7 cm³/mol. The lowest BCUT2D eigenvalue weighted by Gasteiger charge is -2.07. The lowest BCUT2D eigenvalue weighted by molar-refractivity contribution is 0.0951. The summed E-state index contributed by atoms with van der Waals surface area (Å²) in [5.74, 6) is -0.208. The Hall–Kier alpha value is -3.34. The molecule has 2 aromatic heterocycles. The molecule has 0 saturated heterocycles. The molecule has 0 saturated carbocycles. The van der Waals surface area contributed by atoms with Crippen LogP contribution in [0.1, 0.15) is 21.5 Å². The van der Waals surface area contributed by atoms with Gasteiger partial charge in [0.1, 0.15) is 5.58 Å². The number of carbonyl (C=O) groups excluding carboxylic acids is 1. The van der Waals surface area contributed by atoms with Crippen molar-refractivity contribution in [1.82, 2.24) is 10.3 Å². The highest BCUT2D eigenvalue weighted by molar-refractivity contribution is 5.97. The molecule has 25 heavy (non-hydrogen) atoms. The predicted octanol–water partition coefficient (Wildman–Crippen LogP) is 3.51. The van der Waals surface area contributed by atoms with Gasteiger partial charge >= 0.3 is 5.63 Å². The Morgan fingerprint density at radius 1 is 1.12 bits per heavy atom. The van der Waals surface area contributed by atoms with Gasteiger partial charge in [-0.15, -0.1) is 0 Å². The molecule has 0 bridgehead atoms. The first-order valence-corrected chi connectivity index (χ1v) is 7.99. The van der Waals surface area contributed by atoms with E-state index in [0.29, 0.717) is 17.7 Å². The van der Waals surface area contributed by atoms with Crippen LogP contribution in [0.4, 0.5) is 0 Å². The first-order chi connectivity index (χ1) is 12.1. The summed E-state index contributed by atoms with van der Waals surface area (Å²) in [7, 11) is 0. The van der Waals surface area contributed by atoms with Gasteiger partial charge in [-0.05, 0) is 53.8 Å². The highest BCUT2D eigenvalue weighted by Gasteiger charge is 2.09. The third-order valence-corrected chi connectivity index (χ3v) is 4.28. The number of nitrogens with one attached hydrogen (secondary N) is 2. The number of hydrogen-bond acceptors (Lipinski definition) is 3. The number of hydrogen-bond donors (Lipinski definition) is 2. The summed E-state index contributed by atoms with van der Waals surface area (Å²) in [5.41, 5.74) is 3.38. The van der Waals surface area contributed by atoms with Crippen LogP contribution in [0.5, 0.6) is 0 Å². The first-order valence-electron chi connectivity index (χ1n) is 7.99. The van der Waals surface area contributed by atoms with Gasteiger partial charge in [0.05, 0.1) is 0 Å². The molecular formula is C20H16N2O3. The molecule has 0 fully saturated rings. The van der Waals surface area contributed by atoms with Crippen LogP contribution >= 0.6 is 0 Å². The lowest BCUT2D eigenvalue weighted by atomic mass is 10.1. The van der Waals surface area contributed by atoms with Gasteiger partial charge < -0.3 is 14.7 Å². The van der Waals surface area contributed by atoms with Crippen LogP contribution in [0, 0.1) is 6.92 Å². The number of H-pyrrole nitrogens is 1. The third-order valence-electron chi connectivity index (χ3n) is 4.28. The van der Waals surface area contributed by atoms with Gasteiger partial charge in [0, 0.05) is 35.3 Å². The van der Waals surface area contributed by atoms with Gasteiger partial charge in [0.2, 0.25) is 0 Å². The fourth-order valence-electron chi connectivity index (χ4n) is 2.96. The number of aromatic nitrogens is 1. The molecule has 0 aliphatic carbocycles. The molecule has 2 aromatic carbocycles. The van der Waals surface area contributed by atoms with Crippen molar-refractivity contribution in [2.75, 3.05) is 0 Å². The fourth-order valence-corrected chi connectivity index (χ4v) is 2.96. The molecule has 0 radical (unpaired) electrons. The summed E-state index contributed by atoms with van der Waals surface area (Å²) in [5, 5.41) is 4.83. The standard InChI is InChI=1S/C20H16N2O3/c1-12-8-19(23)25-18-10-15(3-4-16(12)18)20(24)22-11-13-2-5-17-14(9-13)6-7-21-17/h2-10,21H,11H2,1H3,(H,22,24). The van der Waals surface area contributed by atoms with Crippen LogP contribution in [0.15, 0.2) is 63.9 Å². The zero-order valence-corrected chi connectivity index (χ0v) is 13.6. The second-order valence-corrected chi connectivity index (χ2v) is 6.04. The molecule has 4 aromatic rings. The van der Waals surface area contributed by atoms with Crippen molar-refractivity contribution < 1.29 is 9.21 Å². The van der Waals surface area contributed by atoms with E-state index in [4.69, 9.17) is 4.42 Å². The molecule has 5 heteroatoms. The Morgan fingerprint density at radius 2 is 2.00 bits per heavy atom. The van der Waals surface area contributed by atoms with Crippen LogP contribution in [-0.2, 0) is 6.54 Å². The van der Waals surface area contributed by atoms with E-state index in [9.17, 15) is 9.59 Å². The molecule has 124 valence electrons. The zero-order valence-electron chi connectivity index (χ0n) is 13.6. The molecule has 4 rings (SSSR count). The van der Waals surface area contributed by atoms with Gasteiger partial charge in [0.15, 0.2) is 0 Å². The van der Waals surface area contributed by atoms with E-state index in [-0.39, 0.29) is 5.91 Å². The maximum absolute atomic E-state index is 12.4. The molecular weight excluding hydrogens is 316 g/mol. The maximum Gasteiger partial charge on any atom is 0.336 e. The van der Waals surface area contributed by atoms with E-state index in [0.717, 1.165) is 27.4 Å². The Labute approximate surface area is 143 Å². The second kappa shape index (κ2) is 5.94. The highest BCUT2D eigenvalue weighted by Crippen LogP contribution is 2.18. The van der Waals surface area contributed by atoms with Crippen molar-refractivity contribution in [1.29, 1.82) is 0 Å². The van der Waals surface area contributed by atoms with E-state index < -0.39 is 5.63 Å². The summed E-state index contributed by atoms with van der Waals surface area (Å²) >= 11 is 0. The van der Waals surface area contributed by atoms with Crippen molar-refractivity contribution >= 4 is 27.8 Å². The molecule has 5 nitrogen and oxygen atoms in total. The fraction of sp³-hybridized carbons (Fsp3) is 0.100. The number of aromatic amines is 1. The Morgan fingerprint density at radius 3 is 2.88 bits per heavy atom. The summed E-state index contributed by atoms with van der Waals surface area (Å²) in [6, 6.07) is 14.6. The van der Waals surface area contributed by atoms with Gasteiger partial charge in [-0.3, -0.25) is 4.79 Å². The second-order valence-electron chi connectivity index (χ2n) is 6.04. The largest absolute Gasteiger partial charge is 0.423 e. The summed E-state index contributed by atoms with van der Waals surface area (Å²) in [4.78, 5) is 27.1. The van der Waals surface area contributed by atoms with E-state index in [2.05, 4.69) is 10.3 Å². The first kappa shape index (κ1) is 15.2. The SMILES string of the molecule is Cc1cc(=O)oc2cc(C(=O)NCc3ccc4[nH]ccc4c3)ccc12. The van der Waals surface area contributed by atoms with Crippen molar-refractivity contribution in [2.24, 2.45) is 0 Å². The van der Waals surface area contributed by atoms with E-state index in [1.54, 1.807) is 18.2 Å². The number of carbonyl (C=O) groups is 1. The van der Waals surface area contributed by atoms with Crippen molar-refractivity contribution in [3.05, 3.63) is 81.8 Å². The minimum absolute atomic E-state index is 0.208. The maximum atomic E-state index is 12.4.